The molecule has 1 heterocycles. The Morgan fingerprint density at radius 3 is 2.75 bits per heavy atom. The minimum absolute atomic E-state index is 0.00123. The highest BCUT2D eigenvalue weighted by Gasteiger charge is 2.10. The van der Waals surface area contributed by atoms with E-state index in [1.54, 1.807) is 0 Å². The molecule has 0 saturated heterocycles. The number of amides is 1. The van der Waals surface area contributed by atoms with Crippen LogP contribution in [0.25, 0.3) is 11.0 Å². The van der Waals surface area contributed by atoms with Gasteiger partial charge < -0.3 is 9.88 Å². The standard InChI is InChI=1S/C23H26BrN3O/c1-17-9-8-10-19(15-17)23(28)25-14-7-3-4-13-22-26-20-11-5-6-12-21(20)27(22)16-18(2)24/h5-6,8-12,15H,2-4,7,13-14,16H2,1H3,(H,25,28). The Hall–Kier alpha value is -2.40. The van der Waals surface area contributed by atoms with Gasteiger partial charge in [-0.2, -0.15) is 0 Å². The molecular formula is C23H26BrN3O. The van der Waals surface area contributed by atoms with Gasteiger partial charge in [-0.25, -0.2) is 4.98 Å². The molecule has 0 saturated carbocycles. The summed E-state index contributed by atoms with van der Waals surface area (Å²) >= 11 is 3.47. The molecule has 0 aliphatic rings. The average molecular weight is 440 g/mol. The second-order valence-electron chi connectivity index (χ2n) is 7.06. The molecule has 28 heavy (non-hydrogen) atoms. The quantitative estimate of drug-likeness (QED) is 0.453. The third-order valence-electron chi connectivity index (χ3n) is 4.71. The van der Waals surface area contributed by atoms with Gasteiger partial charge in [0.2, 0.25) is 0 Å². The van der Waals surface area contributed by atoms with Gasteiger partial charge in [0.25, 0.3) is 5.91 Å². The minimum Gasteiger partial charge on any atom is -0.352 e. The lowest BCUT2D eigenvalue weighted by molar-refractivity contribution is 0.0953. The summed E-state index contributed by atoms with van der Waals surface area (Å²) in [6.07, 6.45) is 3.97. The molecule has 1 aromatic heterocycles. The second-order valence-corrected chi connectivity index (χ2v) is 8.18. The van der Waals surface area contributed by atoms with E-state index in [4.69, 9.17) is 4.98 Å². The van der Waals surface area contributed by atoms with Crippen molar-refractivity contribution in [1.29, 1.82) is 0 Å². The molecule has 0 unspecified atom stereocenters. The monoisotopic (exact) mass is 439 g/mol. The van der Waals surface area contributed by atoms with Crippen LogP contribution in [0.5, 0.6) is 0 Å². The van der Waals surface area contributed by atoms with Gasteiger partial charge >= 0.3 is 0 Å². The number of unbranched alkanes of at least 4 members (excludes halogenated alkanes) is 2. The van der Waals surface area contributed by atoms with Crippen molar-refractivity contribution in [3.8, 4) is 0 Å². The number of allylic oxidation sites excluding steroid dienone is 1. The first-order valence-electron chi connectivity index (χ1n) is 9.67. The van der Waals surface area contributed by atoms with Gasteiger partial charge in [0.05, 0.1) is 17.6 Å². The van der Waals surface area contributed by atoms with Crippen molar-refractivity contribution in [3.05, 3.63) is 76.5 Å². The van der Waals surface area contributed by atoms with Crippen molar-refractivity contribution >= 4 is 32.9 Å². The van der Waals surface area contributed by atoms with Gasteiger partial charge in [-0.05, 0) is 44.0 Å². The Kier molecular flexibility index (Phi) is 7.04. The number of carbonyl (C=O) groups excluding carboxylic acids is 1. The molecule has 3 aromatic rings. The van der Waals surface area contributed by atoms with Gasteiger partial charge in [-0.3, -0.25) is 4.79 Å². The fraction of sp³-hybridized carbons (Fsp3) is 0.304. The van der Waals surface area contributed by atoms with Crippen LogP contribution in [-0.2, 0) is 13.0 Å². The molecule has 0 bridgehead atoms. The van der Waals surface area contributed by atoms with Gasteiger partial charge in [0.1, 0.15) is 5.82 Å². The van der Waals surface area contributed by atoms with Crippen molar-refractivity contribution in [3.63, 3.8) is 0 Å². The molecule has 0 fully saturated rings. The number of para-hydroxylation sites is 2. The number of fused-ring (bicyclic) bond motifs is 1. The summed E-state index contributed by atoms with van der Waals surface area (Å²) in [4.78, 5) is 17.0. The van der Waals surface area contributed by atoms with E-state index < -0.39 is 0 Å². The van der Waals surface area contributed by atoms with E-state index in [2.05, 4.69) is 38.5 Å². The van der Waals surface area contributed by atoms with Crippen LogP contribution in [0.2, 0.25) is 0 Å². The lowest BCUT2D eigenvalue weighted by Gasteiger charge is -2.09. The molecule has 0 aliphatic heterocycles. The number of nitrogens with one attached hydrogen (secondary N) is 1. The van der Waals surface area contributed by atoms with Crippen LogP contribution in [0.1, 0.15) is 41.0 Å². The van der Waals surface area contributed by atoms with Crippen LogP contribution in [0.15, 0.2) is 59.6 Å². The Morgan fingerprint density at radius 2 is 1.96 bits per heavy atom. The fourth-order valence-electron chi connectivity index (χ4n) is 3.34. The third kappa shape index (κ3) is 5.32. The summed E-state index contributed by atoms with van der Waals surface area (Å²) in [5, 5.41) is 3.01. The molecule has 5 heteroatoms. The zero-order valence-corrected chi connectivity index (χ0v) is 17.8. The maximum Gasteiger partial charge on any atom is 0.251 e. The molecule has 0 aliphatic carbocycles. The Morgan fingerprint density at radius 1 is 1.14 bits per heavy atom. The number of rotatable bonds is 9. The fourth-order valence-corrected chi connectivity index (χ4v) is 3.59. The number of carbonyl (C=O) groups is 1. The normalized spacial score (nSPS) is 10.9. The molecule has 146 valence electrons. The summed E-state index contributed by atoms with van der Waals surface area (Å²) < 4.78 is 3.17. The highest BCUT2D eigenvalue weighted by Crippen LogP contribution is 2.20. The Bertz CT molecular complexity index is 977. The van der Waals surface area contributed by atoms with Crippen molar-refractivity contribution in [2.75, 3.05) is 6.54 Å². The van der Waals surface area contributed by atoms with Crippen LogP contribution in [-0.4, -0.2) is 22.0 Å². The molecule has 4 nitrogen and oxygen atoms in total. The number of nitrogens with zero attached hydrogens (tertiary/aromatic N) is 2. The van der Waals surface area contributed by atoms with Gasteiger partial charge in [0, 0.05) is 23.0 Å². The molecule has 1 amide bonds. The number of benzene rings is 2. The van der Waals surface area contributed by atoms with E-state index in [0.29, 0.717) is 6.54 Å². The predicted octanol–water partition coefficient (Wildman–Crippen LogP) is 5.40. The first kappa shape index (κ1) is 20.3. The van der Waals surface area contributed by atoms with Gasteiger partial charge in [-0.1, -0.05) is 58.8 Å². The zero-order chi connectivity index (χ0) is 19.9. The summed E-state index contributed by atoms with van der Waals surface area (Å²) in [7, 11) is 0. The molecule has 0 spiro atoms. The van der Waals surface area contributed by atoms with E-state index in [1.807, 2.05) is 49.4 Å². The average Bonchev–Trinajstić information content (AvgIpc) is 3.01. The highest BCUT2D eigenvalue weighted by molar-refractivity contribution is 9.11. The number of imidazole rings is 1. The number of aryl methyl sites for hydroxylation is 2. The summed E-state index contributed by atoms with van der Waals surface area (Å²) in [6.45, 7) is 7.39. The SMILES string of the molecule is C=C(Br)Cn1c(CCCCCNC(=O)c2cccc(C)c2)nc2ccccc21. The summed E-state index contributed by atoms with van der Waals surface area (Å²) in [5.74, 6) is 1.09. The lowest BCUT2D eigenvalue weighted by atomic mass is 10.1. The molecule has 2 aromatic carbocycles. The first-order chi connectivity index (χ1) is 13.5. The van der Waals surface area contributed by atoms with Crippen molar-refractivity contribution in [1.82, 2.24) is 14.9 Å². The second kappa shape index (κ2) is 9.69. The Balaban J connectivity index is 1.48. The maximum absolute atomic E-state index is 12.2. The highest BCUT2D eigenvalue weighted by atomic mass is 79.9. The number of halogens is 1. The van der Waals surface area contributed by atoms with E-state index in [9.17, 15) is 4.79 Å². The topological polar surface area (TPSA) is 46.9 Å². The number of hydrogen-bond acceptors (Lipinski definition) is 2. The third-order valence-corrected chi connectivity index (χ3v) is 4.96. The van der Waals surface area contributed by atoms with Crippen LogP contribution in [0.4, 0.5) is 0 Å². The largest absolute Gasteiger partial charge is 0.352 e. The van der Waals surface area contributed by atoms with E-state index in [-0.39, 0.29) is 5.91 Å². The summed E-state index contributed by atoms with van der Waals surface area (Å²) in [5.41, 5.74) is 3.99. The summed E-state index contributed by atoms with van der Waals surface area (Å²) in [6, 6.07) is 15.9. The van der Waals surface area contributed by atoms with E-state index in [0.717, 1.165) is 64.7 Å². The Labute approximate surface area is 174 Å². The maximum atomic E-state index is 12.2. The molecule has 0 radical (unpaired) electrons. The van der Waals surface area contributed by atoms with Gasteiger partial charge in [0.15, 0.2) is 0 Å². The van der Waals surface area contributed by atoms with Crippen LogP contribution >= 0.6 is 15.9 Å². The smallest absolute Gasteiger partial charge is 0.251 e. The molecule has 0 atom stereocenters. The van der Waals surface area contributed by atoms with Crippen molar-refractivity contribution in [2.24, 2.45) is 0 Å². The van der Waals surface area contributed by atoms with E-state index in [1.165, 1.54) is 0 Å². The van der Waals surface area contributed by atoms with Crippen molar-refractivity contribution < 1.29 is 4.79 Å². The lowest BCUT2D eigenvalue weighted by Crippen LogP contribution is -2.24. The minimum atomic E-state index is 0.00123. The molecule has 3 rings (SSSR count). The van der Waals surface area contributed by atoms with Crippen LogP contribution in [0, 0.1) is 6.92 Å². The van der Waals surface area contributed by atoms with Crippen LogP contribution < -0.4 is 5.32 Å². The van der Waals surface area contributed by atoms with Crippen LogP contribution in [0.3, 0.4) is 0 Å². The molecule has 1 N–H and O–H groups in total. The molecular weight excluding hydrogens is 414 g/mol. The predicted molar refractivity (Wildman–Crippen MR) is 119 cm³/mol. The number of hydrogen-bond donors (Lipinski definition) is 1. The van der Waals surface area contributed by atoms with Gasteiger partial charge in [-0.15, -0.1) is 0 Å². The van der Waals surface area contributed by atoms with E-state index >= 15 is 0 Å². The number of aromatic nitrogens is 2. The first-order valence-corrected chi connectivity index (χ1v) is 10.5. The zero-order valence-electron chi connectivity index (χ0n) is 16.2. The van der Waals surface area contributed by atoms with Crippen molar-refractivity contribution in [2.45, 2.75) is 39.2 Å².